The molecule has 2 nitrogen and oxygen atoms in total. The van der Waals surface area contributed by atoms with Gasteiger partial charge >= 0.3 is 0 Å². The first-order chi connectivity index (χ1) is 6.51. The highest BCUT2D eigenvalue weighted by atomic mass is 32.1. The van der Waals surface area contributed by atoms with Crippen LogP contribution in [0.4, 0.5) is 0 Å². The molecule has 0 aromatic carbocycles. The zero-order valence-corrected chi connectivity index (χ0v) is 10.3. The monoisotopic (exact) mass is 217 g/mol. The van der Waals surface area contributed by atoms with Gasteiger partial charge in [0.05, 0.1) is 0 Å². The van der Waals surface area contributed by atoms with E-state index in [1.165, 1.54) is 25.9 Å². The van der Waals surface area contributed by atoms with Gasteiger partial charge in [-0.1, -0.05) is 0 Å². The van der Waals surface area contributed by atoms with E-state index in [-0.39, 0.29) is 4.75 Å². The summed E-state index contributed by atoms with van der Waals surface area (Å²) < 4.78 is 0.115. The number of aliphatic hydroxyl groups excluding tert-OH is 1. The van der Waals surface area contributed by atoms with E-state index in [2.05, 4.69) is 31.4 Å². The van der Waals surface area contributed by atoms with Crippen LogP contribution in [-0.2, 0) is 0 Å². The van der Waals surface area contributed by atoms with Crippen molar-refractivity contribution in [2.24, 2.45) is 5.92 Å². The van der Waals surface area contributed by atoms with Crippen molar-refractivity contribution >= 4 is 12.6 Å². The van der Waals surface area contributed by atoms with E-state index in [9.17, 15) is 0 Å². The van der Waals surface area contributed by atoms with Crippen LogP contribution in [-0.4, -0.2) is 41.0 Å². The molecule has 0 amide bonds. The Morgan fingerprint density at radius 1 is 1.36 bits per heavy atom. The lowest BCUT2D eigenvalue weighted by Gasteiger charge is -2.35. The molecule has 0 bridgehead atoms. The Hall–Kier alpha value is 0.270. The Morgan fingerprint density at radius 3 is 2.36 bits per heavy atom. The quantitative estimate of drug-likeness (QED) is 0.701. The molecule has 0 aliphatic carbocycles. The number of likely N-dealkylation sites (tertiary alicyclic amines) is 1. The summed E-state index contributed by atoms with van der Waals surface area (Å²) in [4.78, 5) is 2.49. The van der Waals surface area contributed by atoms with E-state index in [1.807, 2.05) is 0 Å². The lowest BCUT2D eigenvalue weighted by atomic mass is 9.93. The van der Waals surface area contributed by atoms with Gasteiger partial charge in [0.2, 0.25) is 0 Å². The molecule has 1 rings (SSSR count). The first-order valence-corrected chi connectivity index (χ1v) is 6.01. The Balaban J connectivity index is 2.22. The average Bonchev–Trinajstić information content (AvgIpc) is 2.06. The van der Waals surface area contributed by atoms with E-state index < -0.39 is 0 Å². The van der Waals surface area contributed by atoms with Crippen molar-refractivity contribution in [1.29, 1.82) is 0 Å². The van der Waals surface area contributed by atoms with Crippen LogP contribution >= 0.6 is 12.6 Å². The first-order valence-electron chi connectivity index (χ1n) is 5.57. The van der Waals surface area contributed by atoms with Crippen LogP contribution in [0.15, 0.2) is 0 Å². The van der Waals surface area contributed by atoms with Gasteiger partial charge in [-0.05, 0) is 52.1 Å². The van der Waals surface area contributed by atoms with Crippen LogP contribution in [0, 0.1) is 5.92 Å². The van der Waals surface area contributed by atoms with Gasteiger partial charge in [-0.2, -0.15) is 12.6 Å². The fraction of sp³-hybridized carbons (Fsp3) is 1.00. The van der Waals surface area contributed by atoms with Gasteiger partial charge in [-0.25, -0.2) is 0 Å². The van der Waals surface area contributed by atoms with E-state index >= 15 is 0 Å². The van der Waals surface area contributed by atoms with Crippen LogP contribution < -0.4 is 0 Å². The second-order valence-electron chi connectivity index (χ2n) is 5.04. The predicted octanol–water partition coefficient (Wildman–Crippen LogP) is 1.79. The summed E-state index contributed by atoms with van der Waals surface area (Å²) in [6.07, 6.45) is 3.47. The second kappa shape index (κ2) is 5.38. The summed E-state index contributed by atoms with van der Waals surface area (Å²) in [6, 6.07) is 0. The SMILES string of the molecule is CC(C)(S)CN1CCC(CCO)CC1. The number of hydrogen-bond acceptors (Lipinski definition) is 3. The van der Waals surface area contributed by atoms with Gasteiger partial charge < -0.3 is 10.0 Å². The third-order valence-electron chi connectivity index (χ3n) is 2.86. The molecule has 0 aromatic rings. The van der Waals surface area contributed by atoms with E-state index in [4.69, 9.17) is 5.11 Å². The van der Waals surface area contributed by atoms with Crippen molar-refractivity contribution in [2.75, 3.05) is 26.2 Å². The Labute approximate surface area is 93.1 Å². The molecule has 3 heteroatoms. The standard InChI is InChI=1S/C11H23NOS/c1-11(2,14)9-12-6-3-10(4-7-12)5-8-13/h10,13-14H,3-9H2,1-2H3. The second-order valence-corrected chi connectivity index (χ2v) is 6.25. The minimum absolute atomic E-state index is 0.115. The molecule has 0 spiro atoms. The maximum absolute atomic E-state index is 8.85. The molecule has 1 aliphatic rings. The van der Waals surface area contributed by atoms with Crippen molar-refractivity contribution in [3.63, 3.8) is 0 Å². The highest BCUT2D eigenvalue weighted by Gasteiger charge is 2.22. The number of hydrogen-bond donors (Lipinski definition) is 2. The molecule has 1 aliphatic heterocycles. The number of rotatable bonds is 4. The van der Waals surface area contributed by atoms with Crippen LogP contribution in [0.5, 0.6) is 0 Å². The number of nitrogens with zero attached hydrogens (tertiary/aromatic N) is 1. The van der Waals surface area contributed by atoms with Gasteiger partial charge in [-0.3, -0.25) is 0 Å². The molecule has 1 heterocycles. The molecular weight excluding hydrogens is 194 g/mol. The lowest BCUT2D eigenvalue weighted by molar-refractivity contribution is 0.152. The number of aliphatic hydroxyl groups is 1. The molecule has 0 radical (unpaired) electrons. The summed E-state index contributed by atoms with van der Waals surface area (Å²) in [5, 5.41) is 8.85. The summed E-state index contributed by atoms with van der Waals surface area (Å²) in [5.41, 5.74) is 0. The van der Waals surface area contributed by atoms with Crippen molar-refractivity contribution in [2.45, 2.75) is 37.9 Å². The molecule has 1 N–H and O–H groups in total. The fourth-order valence-electron chi connectivity index (χ4n) is 2.16. The molecule has 0 saturated carbocycles. The Bertz CT molecular complexity index is 159. The van der Waals surface area contributed by atoms with Crippen molar-refractivity contribution in [3.8, 4) is 0 Å². The maximum Gasteiger partial charge on any atom is 0.0433 e. The first kappa shape index (κ1) is 12.3. The van der Waals surface area contributed by atoms with Crippen LogP contribution in [0.2, 0.25) is 0 Å². The van der Waals surface area contributed by atoms with Gasteiger partial charge in [0.15, 0.2) is 0 Å². The topological polar surface area (TPSA) is 23.5 Å². The Kier molecular flexibility index (Phi) is 4.74. The molecule has 0 unspecified atom stereocenters. The van der Waals surface area contributed by atoms with Gasteiger partial charge in [0, 0.05) is 17.9 Å². The highest BCUT2D eigenvalue weighted by Crippen LogP contribution is 2.22. The number of piperidine rings is 1. The highest BCUT2D eigenvalue weighted by molar-refractivity contribution is 7.81. The van der Waals surface area contributed by atoms with Crippen LogP contribution in [0.3, 0.4) is 0 Å². The van der Waals surface area contributed by atoms with E-state index in [1.54, 1.807) is 0 Å². The van der Waals surface area contributed by atoms with Crippen molar-refractivity contribution in [3.05, 3.63) is 0 Å². The van der Waals surface area contributed by atoms with Gasteiger partial charge in [0.25, 0.3) is 0 Å². The van der Waals surface area contributed by atoms with Gasteiger partial charge in [0.1, 0.15) is 0 Å². The number of thiol groups is 1. The molecular formula is C11H23NOS. The normalized spacial score (nSPS) is 21.4. The molecule has 0 atom stereocenters. The third kappa shape index (κ3) is 4.67. The summed E-state index contributed by atoms with van der Waals surface area (Å²) in [6.45, 7) is 8.10. The predicted molar refractivity (Wildman–Crippen MR) is 63.9 cm³/mol. The largest absolute Gasteiger partial charge is 0.396 e. The third-order valence-corrected chi connectivity index (χ3v) is 3.00. The minimum atomic E-state index is 0.115. The smallest absolute Gasteiger partial charge is 0.0433 e. The summed E-state index contributed by atoms with van der Waals surface area (Å²) >= 11 is 4.55. The molecule has 1 saturated heterocycles. The minimum Gasteiger partial charge on any atom is -0.396 e. The zero-order valence-electron chi connectivity index (χ0n) is 9.37. The molecule has 1 fully saturated rings. The average molecular weight is 217 g/mol. The van der Waals surface area contributed by atoms with Crippen molar-refractivity contribution in [1.82, 2.24) is 4.90 Å². The summed E-state index contributed by atoms with van der Waals surface area (Å²) in [7, 11) is 0. The molecule has 14 heavy (non-hydrogen) atoms. The lowest BCUT2D eigenvalue weighted by Crippen LogP contribution is -2.40. The van der Waals surface area contributed by atoms with Crippen LogP contribution in [0.1, 0.15) is 33.1 Å². The summed E-state index contributed by atoms with van der Waals surface area (Å²) in [5.74, 6) is 0.749. The molecule has 0 aromatic heterocycles. The fourth-order valence-corrected chi connectivity index (χ4v) is 2.36. The van der Waals surface area contributed by atoms with Gasteiger partial charge in [-0.15, -0.1) is 0 Å². The zero-order chi connectivity index (χ0) is 10.6. The van der Waals surface area contributed by atoms with Crippen molar-refractivity contribution < 1.29 is 5.11 Å². The van der Waals surface area contributed by atoms with Crippen LogP contribution in [0.25, 0.3) is 0 Å². The molecule has 84 valence electrons. The maximum atomic E-state index is 8.85. The van der Waals surface area contributed by atoms with E-state index in [0.717, 1.165) is 18.9 Å². The Morgan fingerprint density at radius 2 is 1.93 bits per heavy atom. The van der Waals surface area contributed by atoms with E-state index in [0.29, 0.717) is 6.61 Å².